The zero-order valence-corrected chi connectivity index (χ0v) is 10.8. The molecule has 0 unspecified atom stereocenters. The largest absolute Gasteiger partial charge is 0.269 e. The highest BCUT2D eigenvalue weighted by Gasteiger charge is 2.29. The fourth-order valence-corrected chi connectivity index (χ4v) is 3.87. The summed E-state index contributed by atoms with van der Waals surface area (Å²) < 4.78 is 25.8. The van der Waals surface area contributed by atoms with E-state index in [0.717, 1.165) is 15.7 Å². The van der Waals surface area contributed by atoms with Gasteiger partial charge in [-0.05, 0) is 47.0 Å². The van der Waals surface area contributed by atoms with E-state index in [-0.39, 0.29) is 5.75 Å². The molecule has 0 amide bonds. The van der Waals surface area contributed by atoms with Gasteiger partial charge in [-0.15, -0.1) is 0 Å². The molecule has 1 aliphatic rings. The number of sulfonamides is 1. The van der Waals surface area contributed by atoms with Gasteiger partial charge >= 0.3 is 0 Å². The first-order valence-corrected chi connectivity index (χ1v) is 7.17. The number of halogens is 1. The van der Waals surface area contributed by atoms with Gasteiger partial charge in [0.2, 0.25) is 10.0 Å². The Hall–Kier alpha value is -0.550. The van der Waals surface area contributed by atoms with E-state index in [1.54, 1.807) is 0 Å². The number of aryl methyl sites for hydroxylation is 1. The SMILES string of the molecule is Cc1ccc(Br)c(N2CCCS2(=O)=O)c1. The van der Waals surface area contributed by atoms with E-state index in [1.165, 1.54) is 4.31 Å². The van der Waals surface area contributed by atoms with Crippen molar-refractivity contribution >= 4 is 31.6 Å². The quantitative estimate of drug-likeness (QED) is 0.796. The highest BCUT2D eigenvalue weighted by molar-refractivity contribution is 9.10. The number of rotatable bonds is 1. The minimum Gasteiger partial charge on any atom is -0.269 e. The van der Waals surface area contributed by atoms with Crippen LogP contribution in [0.2, 0.25) is 0 Å². The van der Waals surface area contributed by atoms with Gasteiger partial charge in [0.05, 0.1) is 11.4 Å². The molecule has 1 fully saturated rings. The molecule has 1 aliphatic heterocycles. The van der Waals surface area contributed by atoms with Crippen LogP contribution in [0.3, 0.4) is 0 Å². The summed E-state index contributed by atoms with van der Waals surface area (Å²) in [5.41, 5.74) is 1.82. The summed E-state index contributed by atoms with van der Waals surface area (Å²) in [5.74, 6) is 0.257. The minimum absolute atomic E-state index is 0.257. The smallest absolute Gasteiger partial charge is 0.235 e. The molecule has 15 heavy (non-hydrogen) atoms. The first-order chi connectivity index (χ1) is 7.00. The molecule has 0 aliphatic carbocycles. The molecule has 1 aromatic carbocycles. The Morgan fingerprint density at radius 1 is 1.40 bits per heavy atom. The maximum absolute atomic E-state index is 11.7. The van der Waals surface area contributed by atoms with Crippen LogP contribution in [0, 0.1) is 6.92 Å². The van der Waals surface area contributed by atoms with Crippen molar-refractivity contribution in [3.63, 3.8) is 0 Å². The van der Waals surface area contributed by atoms with Gasteiger partial charge in [-0.1, -0.05) is 6.07 Å². The number of nitrogens with zero attached hydrogens (tertiary/aromatic N) is 1. The van der Waals surface area contributed by atoms with E-state index in [2.05, 4.69) is 15.9 Å². The van der Waals surface area contributed by atoms with Crippen molar-refractivity contribution in [3.8, 4) is 0 Å². The molecular weight excluding hydrogens is 278 g/mol. The number of hydrogen-bond donors (Lipinski definition) is 0. The van der Waals surface area contributed by atoms with Crippen molar-refractivity contribution in [2.75, 3.05) is 16.6 Å². The first kappa shape index (κ1) is 11.0. The molecule has 2 rings (SSSR count). The summed E-state index contributed by atoms with van der Waals surface area (Å²) in [4.78, 5) is 0. The summed E-state index contributed by atoms with van der Waals surface area (Å²) in [6, 6.07) is 5.74. The van der Waals surface area contributed by atoms with Gasteiger partial charge in [-0.3, -0.25) is 4.31 Å². The standard InChI is InChI=1S/C10H12BrNO2S/c1-8-3-4-9(11)10(7-8)12-5-2-6-15(12,13)14/h3-4,7H,2,5-6H2,1H3. The zero-order chi connectivity index (χ0) is 11.1. The monoisotopic (exact) mass is 289 g/mol. The summed E-state index contributed by atoms with van der Waals surface area (Å²) >= 11 is 3.39. The summed E-state index contributed by atoms with van der Waals surface area (Å²) in [5, 5.41) is 0. The highest BCUT2D eigenvalue weighted by atomic mass is 79.9. The summed E-state index contributed by atoms with van der Waals surface area (Å²) in [6.45, 7) is 2.54. The zero-order valence-electron chi connectivity index (χ0n) is 8.40. The van der Waals surface area contributed by atoms with Crippen molar-refractivity contribution < 1.29 is 8.42 Å². The maximum Gasteiger partial charge on any atom is 0.235 e. The third kappa shape index (κ3) is 2.03. The third-order valence-electron chi connectivity index (χ3n) is 2.47. The van der Waals surface area contributed by atoms with E-state index >= 15 is 0 Å². The van der Waals surface area contributed by atoms with Crippen LogP contribution in [-0.2, 0) is 10.0 Å². The van der Waals surface area contributed by atoms with Crippen LogP contribution < -0.4 is 4.31 Å². The lowest BCUT2D eigenvalue weighted by molar-refractivity contribution is 0.599. The van der Waals surface area contributed by atoms with Crippen molar-refractivity contribution in [1.29, 1.82) is 0 Å². The topological polar surface area (TPSA) is 37.4 Å². The van der Waals surface area contributed by atoms with Gasteiger partial charge in [-0.2, -0.15) is 0 Å². The molecule has 1 heterocycles. The Morgan fingerprint density at radius 2 is 2.13 bits per heavy atom. The van der Waals surface area contributed by atoms with Gasteiger partial charge in [0.1, 0.15) is 0 Å². The Balaban J connectivity index is 2.50. The lowest BCUT2D eigenvalue weighted by Crippen LogP contribution is -2.25. The third-order valence-corrected chi connectivity index (χ3v) is 5.00. The van der Waals surface area contributed by atoms with Gasteiger partial charge in [0.25, 0.3) is 0 Å². The van der Waals surface area contributed by atoms with E-state index in [1.807, 2.05) is 25.1 Å². The molecule has 0 saturated carbocycles. The van der Waals surface area contributed by atoms with E-state index in [9.17, 15) is 8.42 Å². The molecule has 0 atom stereocenters. The normalized spacial score (nSPS) is 19.5. The second kappa shape index (κ2) is 3.79. The average Bonchev–Trinajstić information content (AvgIpc) is 2.50. The molecule has 5 heteroatoms. The fourth-order valence-electron chi connectivity index (χ4n) is 1.72. The summed E-state index contributed by atoms with van der Waals surface area (Å²) in [7, 11) is -3.08. The molecule has 1 saturated heterocycles. The molecule has 82 valence electrons. The van der Waals surface area contributed by atoms with Crippen LogP contribution in [0.5, 0.6) is 0 Å². The molecule has 0 radical (unpaired) electrons. The molecule has 0 spiro atoms. The van der Waals surface area contributed by atoms with Crippen LogP contribution in [0.1, 0.15) is 12.0 Å². The van der Waals surface area contributed by atoms with Gasteiger partial charge in [-0.25, -0.2) is 8.42 Å². The van der Waals surface area contributed by atoms with Crippen LogP contribution in [0.25, 0.3) is 0 Å². The Labute approximate surface area is 98.3 Å². The van der Waals surface area contributed by atoms with E-state index in [0.29, 0.717) is 13.0 Å². The first-order valence-electron chi connectivity index (χ1n) is 4.77. The molecule has 1 aromatic rings. The minimum atomic E-state index is -3.08. The fraction of sp³-hybridized carbons (Fsp3) is 0.400. The van der Waals surface area contributed by atoms with Crippen LogP contribution >= 0.6 is 15.9 Å². The van der Waals surface area contributed by atoms with Crippen molar-refractivity contribution in [1.82, 2.24) is 0 Å². The maximum atomic E-state index is 11.7. The second-order valence-corrected chi connectivity index (χ2v) is 6.56. The lowest BCUT2D eigenvalue weighted by atomic mass is 10.2. The Kier molecular flexibility index (Phi) is 2.77. The molecule has 0 bridgehead atoms. The van der Waals surface area contributed by atoms with Gasteiger partial charge in [0, 0.05) is 11.0 Å². The van der Waals surface area contributed by atoms with Crippen LogP contribution in [0.4, 0.5) is 5.69 Å². The molecule has 0 N–H and O–H groups in total. The average molecular weight is 290 g/mol. The second-order valence-electron chi connectivity index (χ2n) is 3.70. The van der Waals surface area contributed by atoms with Crippen LogP contribution in [0.15, 0.2) is 22.7 Å². The van der Waals surface area contributed by atoms with Crippen molar-refractivity contribution in [2.45, 2.75) is 13.3 Å². The van der Waals surface area contributed by atoms with Crippen molar-refractivity contribution in [2.24, 2.45) is 0 Å². The number of anilines is 1. The summed E-state index contributed by atoms with van der Waals surface area (Å²) in [6.07, 6.45) is 0.711. The number of hydrogen-bond acceptors (Lipinski definition) is 2. The van der Waals surface area contributed by atoms with Crippen molar-refractivity contribution in [3.05, 3.63) is 28.2 Å². The highest BCUT2D eigenvalue weighted by Crippen LogP contribution is 2.31. The lowest BCUT2D eigenvalue weighted by Gasteiger charge is -2.18. The van der Waals surface area contributed by atoms with Gasteiger partial charge < -0.3 is 0 Å². The Bertz CT molecular complexity index is 484. The predicted octanol–water partition coefficient (Wildman–Crippen LogP) is 2.30. The number of benzene rings is 1. The molecule has 0 aromatic heterocycles. The Morgan fingerprint density at radius 3 is 2.73 bits per heavy atom. The molecular formula is C10H12BrNO2S. The van der Waals surface area contributed by atoms with Crippen LogP contribution in [-0.4, -0.2) is 20.7 Å². The van der Waals surface area contributed by atoms with E-state index in [4.69, 9.17) is 0 Å². The van der Waals surface area contributed by atoms with E-state index < -0.39 is 10.0 Å². The predicted molar refractivity (Wildman–Crippen MR) is 64.6 cm³/mol. The molecule has 3 nitrogen and oxygen atoms in total. The van der Waals surface area contributed by atoms with Gasteiger partial charge in [0.15, 0.2) is 0 Å².